The summed E-state index contributed by atoms with van der Waals surface area (Å²) in [5, 5.41) is 8.17. The van der Waals surface area contributed by atoms with E-state index in [2.05, 4.69) is 33.3 Å². The minimum absolute atomic E-state index is 0.172. The molecule has 0 aliphatic rings. The first-order chi connectivity index (χ1) is 8.99. The minimum atomic E-state index is 0.172. The van der Waals surface area contributed by atoms with Crippen LogP contribution in [0.1, 0.15) is 35.5 Å². The van der Waals surface area contributed by atoms with Crippen LogP contribution in [0, 0.1) is 13.8 Å². The molecule has 0 radical (unpaired) electrons. The number of halogens is 2. The van der Waals surface area contributed by atoms with Crippen molar-refractivity contribution >= 4 is 27.5 Å². The van der Waals surface area contributed by atoms with Crippen molar-refractivity contribution in [2.75, 3.05) is 0 Å². The van der Waals surface area contributed by atoms with Gasteiger partial charge in [0.2, 0.25) is 0 Å². The molecule has 0 saturated carbocycles. The van der Waals surface area contributed by atoms with Gasteiger partial charge in [0.25, 0.3) is 0 Å². The predicted molar refractivity (Wildman–Crippen MR) is 80.4 cm³/mol. The highest BCUT2D eigenvalue weighted by molar-refractivity contribution is 9.10. The van der Waals surface area contributed by atoms with E-state index >= 15 is 0 Å². The lowest BCUT2D eigenvalue weighted by atomic mass is 10.1. The lowest BCUT2D eigenvalue weighted by molar-refractivity contribution is 0.390. The van der Waals surface area contributed by atoms with Gasteiger partial charge < -0.3 is 9.84 Å². The summed E-state index contributed by atoms with van der Waals surface area (Å²) in [6.07, 6.45) is 0. The average molecular weight is 344 g/mol. The van der Waals surface area contributed by atoms with Gasteiger partial charge in [-0.15, -0.1) is 0 Å². The van der Waals surface area contributed by atoms with Crippen LogP contribution in [0.15, 0.2) is 27.2 Å². The Hall–Kier alpha value is -0.840. The van der Waals surface area contributed by atoms with Crippen LogP contribution in [0.25, 0.3) is 0 Å². The normalized spacial score (nSPS) is 12.7. The van der Waals surface area contributed by atoms with Gasteiger partial charge in [0, 0.05) is 27.6 Å². The van der Waals surface area contributed by atoms with Gasteiger partial charge >= 0.3 is 0 Å². The van der Waals surface area contributed by atoms with Crippen LogP contribution in [-0.4, -0.2) is 5.16 Å². The summed E-state index contributed by atoms with van der Waals surface area (Å²) in [4.78, 5) is 0. The molecule has 19 heavy (non-hydrogen) atoms. The largest absolute Gasteiger partial charge is 0.361 e. The molecule has 1 aromatic carbocycles. The SMILES string of the molecule is Cc1noc(C)c1C(C)NCc1ccc(Br)cc1Cl. The van der Waals surface area contributed by atoms with Crippen molar-refractivity contribution < 1.29 is 4.52 Å². The zero-order valence-electron chi connectivity index (χ0n) is 11.1. The van der Waals surface area contributed by atoms with E-state index < -0.39 is 0 Å². The molecule has 0 fully saturated rings. The van der Waals surface area contributed by atoms with Crippen molar-refractivity contribution in [3.63, 3.8) is 0 Å². The Kier molecular flexibility index (Phi) is 4.66. The molecule has 0 saturated heterocycles. The number of nitrogens with one attached hydrogen (secondary N) is 1. The molecule has 1 aromatic heterocycles. The number of hydrogen-bond donors (Lipinski definition) is 1. The molecule has 2 rings (SSSR count). The third-order valence-corrected chi connectivity index (χ3v) is 3.98. The van der Waals surface area contributed by atoms with Crippen molar-refractivity contribution in [3.8, 4) is 0 Å². The van der Waals surface area contributed by atoms with E-state index in [0.29, 0.717) is 6.54 Å². The molecule has 0 spiro atoms. The Morgan fingerprint density at radius 3 is 2.74 bits per heavy atom. The third-order valence-electron chi connectivity index (χ3n) is 3.14. The van der Waals surface area contributed by atoms with Crippen LogP contribution in [-0.2, 0) is 6.54 Å². The van der Waals surface area contributed by atoms with Crippen LogP contribution >= 0.6 is 27.5 Å². The first-order valence-corrected chi connectivity index (χ1v) is 7.26. The van der Waals surface area contributed by atoms with Gasteiger partial charge in [0.15, 0.2) is 0 Å². The van der Waals surface area contributed by atoms with Crippen molar-refractivity contribution in [2.24, 2.45) is 0 Å². The van der Waals surface area contributed by atoms with E-state index in [0.717, 1.165) is 32.1 Å². The summed E-state index contributed by atoms with van der Waals surface area (Å²) < 4.78 is 6.17. The fourth-order valence-electron chi connectivity index (χ4n) is 2.14. The molecule has 1 N–H and O–H groups in total. The standard InChI is InChI=1S/C14H16BrClN2O/c1-8(14-9(2)18-19-10(14)3)17-7-11-4-5-12(15)6-13(11)16/h4-6,8,17H,7H2,1-3H3. The quantitative estimate of drug-likeness (QED) is 0.884. The van der Waals surface area contributed by atoms with Crippen LogP contribution in [0.3, 0.4) is 0 Å². The average Bonchev–Trinajstić information content (AvgIpc) is 2.68. The lowest BCUT2D eigenvalue weighted by Crippen LogP contribution is -2.19. The zero-order valence-corrected chi connectivity index (χ0v) is 13.5. The number of hydrogen-bond acceptors (Lipinski definition) is 3. The van der Waals surface area contributed by atoms with Gasteiger partial charge in [-0.25, -0.2) is 0 Å². The lowest BCUT2D eigenvalue weighted by Gasteiger charge is -2.14. The van der Waals surface area contributed by atoms with Crippen LogP contribution in [0.5, 0.6) is 0 Å². The monoisotopic (exact) mass is 342 g/mol. The second-order valence-corrected chi connectivity index (χ2v) is 5.90. The van der Waals surface area contributed by atoms with Crippen molar-refractivity contribution in [1.29, 1.82) is 0 Å². The van der Waals surface area contributed by atoms with Gasteiger partial charge in [-0.2, -0.15) is 0 Å². The maximum atomic E-state index is 6.20. The van der Waals surface area contributed by atoms with Crippen molar-refractivity contribution in [3.05, 3.63) is 50.3 Å². The summed E-state index contributed by atoms with van der Waals surface area (Å²) in [5.41, 5.74) is 3.12. The predicted octanol–water partition coefficient (Wildman–Crippen LogP) is 4.56. The zero-order chi connectivity index (χ0) is 14.0. The van der Waals surface area contributed by atoms with Crippen molar-refractivity contribution in [2.45, 2.75) is 33.4 Å². The Morgan fingerprint density at radius 1 is 1.42 bits per heavy atom. The molecule has 1 unspecified atom stereocenters. The van der Waals surface area contributed by atoms with E-state index in [1.807, 2.05) is 32.0 Å². The molecule has 0 aliphatic carbocycles. The van der Waals surface area contributed by atoms with Crippen LogP contribution < -0.4 is 5.32 Å². The summed E-state index contributed by atoms with van der Waals surface area (Å²) in [6.45, 7) is 6.69. The fraction of sp³-hybridized carbons (Fsp3) is 0.357. The molecule has 1 atom stereocenters. The Balaban J connectivity index is 2.06. The molecule has 1 heterocycles. The highest BCUT2D eigenvalue weighted by Crippen LogP contribution is 2.24. The molecule has 5 heteroatoms. The van der Waals surface area contributed by atoms with Crippen LogP contribution in [0.4, 0.5) is 0 Å². The Morgan fingerprint density at radius 2 is 2.16 bits per heavy atom. The summed E-state index contributed by atoms with van der Waals surface area (Å²) in [6, 6.07) is 6.08. The van der Waals surface area contributed by atoms with E-state index in [1.165, 1.54) is 0 Å². The smallest absolute Gasteiger partial charge is 0.138 e. The highest BCUT2D eigenvalue weighted by Gasteiger charge is 2.16. The van der Waals surface area contributed by atoms with Crippen LogP contribution in [0.2, 0.25) is 5.02 Å². The summed E-state index contributed by atoms with van der Waals surface area (Å²) in [5.74, 6) is 0.861. The van der Waals surface area contributed by atoms with E-state index in [-0.39, 0.29) is 6.04 Å². The summed E-state index contributed by atoms with van der Waals surface area (Å²) in [7, 11) is 0. The number of aryl methyl sites for hydroxylation is 2. The number of aromatic nitrogens is 1. The molecule has 3 nitrogen and oxygen atoms in total. The molecule has 2 aromatic rings. The first-order valence-electron chi connectivity index (χ1n) is 6.09. The molecule has 102 valence electrons. The van der Waals surface area contributed by atoms with E-state index in [1.54, 1.807) is 0 Å². The molecular formula is C14H16BrClN2O. The topological polar surface area (TPSA) is 38.1 Å². The Labute approximate surface area is 126 Å². The van der Waals surface area contributed by atoms with Gasteiger partial charge in [-0.05, 0) is 38.5 Å². The van der Waals surface area contributed by atoms with Gasteiger partial charge in [-0.1, -0.05) is 38.8 Å². The highest BCUT2D eigenvalue weighted by atomic mass is 79.9. The van der Waals surface area contributed by atoms with Crippen molar-refractivity contribution in [1.82, 2.24) is 10.5 Å². The second-order valence-electron chi connectivity index (χ2n) is 4.58. The maximum absolute atomic E-state index is 6.20. The fourth-order valence-corrected chi connectivity index (χ4v) is 2.88. The Bertz CT molecular complexity index is 563. The number of benzene rings is 1. The molecule has 0 amide bonds. The maximum Gasteiger partial charge on any atom is 0.138 e. The van der Waals surface area contributed by atoms with E-state index in [4.69, 9.17) is 16.1 Å². The van der Waals surface area contributed by atoms with Gasteiger partial charge in [-0.3, -0.25) is 0 Å². The molecular weight excluding hydrogens is 328 g/mol. The van der Waals surface area contributed by atoms with Gasteiger partial charge in [0.1, 0.15) is 5.76 Å². The third kappa shape index (κ3) is 3.38. The molecule has 0 aliphatic heterocycles. The first kappa shape index (κ1) is 14.6. The van der Waals surface area contributed by atoms with E-state index in [9.17, 15) is 0 Å². The number of nitrogens with zero attached hydrogens (tertiary/aromatic N) is 1. The second kappa shape index (κ2) is 6.07. The minimum Gasteiger partial charge on any atom is -0.361 e. The van der Waals surface area contributed by atoms with Gasteiger partial charge in [0.05, 0.1) is 5.69 Å². The molecule has 0 bridgehead atoms. The number of rotatable bonds is 4. The summed E-state index contributed by atoms with van der Waals surface area (Å²) >= 11 is 9.60.